The van der Waals surface area contributed by atoms with Crippen LogP contribution in [0.15, 0.2) is 85.1 Å². The lowest BCUT2D eigenvalue weighted by Gasteiger charge is -2.43. The topological polar surface area (TPSA) is 70.9 Å². The second-order valence-corrected chi connectivity index (χ2v) is 12.8. The SMILES string of the molecule is CC(C)(C)OC(=O)c1cccc(CN2CN(c3ccccc3)C3(CCN(CCCn4ncc5ccccc54)CC3)C2=O)c1. The van der Waals surface area contributed by atoms with Gasteiger partial charge in [0.05, 0.1) is 23.9 Å². The number of hydrogen-bond donors (Lipinski definition) is 0. The zero-order valence-electron chi connectivity index (χ0n) is 25.4. The number of anilines is 1. The number of aryl methyl sites for hydroxylation is 1. The highest BCUT2D eigenvalue weighted by molar-refractivity contribution is 5.94. The lowest BCUT2D eigenvalue weighted by molar-refractivity contribution is -0.134. The Hall–Kier alpha value is -4.17. The summed E-state index contributed by atoms with van der Waals surface area (Å²) in [4.78, 5) is 33.7. The molecular weight excluding hydrogens is 538 g/mol. The molecule has 0 bridgehead atoms. The number of carbonyl (C=O) groups is 2. The lowest BCUT2D eigenvalue weighted by atomic mass is 9.85. The number of fused-ring (bicyclic) bond motifs is 1. The number of carbonyl (C=O) groups excluding carboxylic acids is 2. The third-order valence-corrected chi connectivity index (χ3v) is 8.60. The maximum atomic E-state index is 14.2. The molecule has 8 nitrogen and oxygen atoms in total. The fraction of sp³-hybridized carbons (Fsp3) is 0.400. The molecule has 8 heteroatoms. The van der Waals surface area contributed by atoms with Gasteiger partial charge in [0.25, 0.3) is 0 Å². The van der Waals surface area contributed by atoms with Crippen molar-refractivity contribution in [2.75, 3.05) is 31.2 Å². The van der Waals surface area contributed by atoms with Crippen molar-refractivity contribution >= 4 is 28.5 Å². The van der Waals surface area contributed by atoms with Gasteiger partial charge < -0.3 is 19.4 Å². The highest BCUT2D eigenvalue weighted by atomic mass is 16.6. The molecule has 1 amide bonds. The van der Waals surface area contributed by atoms with Gasteiger partial charge in [0, 0.05) is 37.3 Å². The number of benzene rings is 3. The van der Waals surface area contributed by atoms with E-state index in [0.29, 0.717) is 18.8 Å². The smallest absolute Gasteiger partial charge is 0.338 e. The highest BCUT2D eigenvalue weighted by Crippen LogP contribution is 2.40. The van der Waals surface area contributed by atoms with Gasteiger partial charge in [0.15, 0.2) is 0 Å². The fourth-order valence-electron chi connectivity index (χ4n) is 6.47. The predicted octanol–water partition coefficient (Wildman–Crippen LogP) is 5.72. The first-order chi connectivity index (χ1) is 20.7. The van der Waals surface area contributed by atoms with E-state index in [-0.39, 0.29) is 11.9 Å². The van der Waals surface area contributed by atoms with E-state index < -0.39 is 11.1 Å². The van der Waals surface area contributed by atoms with Crippen LogP contribution in [0.4, 0.5) is 5.69 Å². The maximum absolute atomic E-state index is 14.2. The van der Waals surface area contributed by atoms with E-state index in [9.17, 15) is 9.59 Å². The zero-order valence-corrected chi connectivity index (χ0v) is 25.4. The Morgan fingerprint density at radius 2 is 1.67 bits per heavy atom. The van der Waals surface area contributed by atoms with Crippen LogP contribution in [0.3, 0.4) is 0 Å². The molecular formula is C35H41N5O3. The van der Waals surface area contributed by atoms with Crippen molar-refractivity contribution in [2.24, 2.45) is 0 Å². The first kappa shape index (κ1) is 28.9. The van der Waals surface area contributed by atoms with Gasteiger partial charge in [-0.25, -0.2) is 4.79 Å². The van der Waals surface area contributed by atoms with Crippen molar-refractivity contribution < 1.29 is 14.3 Å². The molecule has 2 fully saturated rings. The lowest BCUT2D eigenvalue weighted by Crippen LogP contribution is -2.56. The summed E-state index contributed by atoms with van der Waals surface area (Å²) in [6, 6.07) is 26.1. The number of para-hydroxylation sites is 2. The summed E-state index contributed by atoms with van der Waals surface area (Å²) in [5, 5.41) is 5.75. The largest absolute Gasteiger partial charge is 0.456 e. The minimum Gasteiger partial charge on any atom is -0.456 e. The molecule has 2 saturated heterocycles. The van der Waals surface area contributed by atoms with Gasteiger partial charge in [-0.3, -0.25) is 9.48 Å². The number of piperidine rings is 1. The zero-order chi connectivity index (χ0) is 30.0. The molecule has 3 heterocycles. The average Bonchev–Trinajstić information content (AvgIpc) is 3.53. The molecule has 4 aromatic rings. The molecule has 0 N–H and O–H groups in total. The van der Waals surface area contributed by atoms with E-state index in [4.69, 9.17) is 4.74 Å². The summed E-state index contributed by atoms with van der Waals surface area (Å²) in [6.07, 6.45) is 4.50. The Kier molecular flexibility index (Phi) is 7.97. The van der Waals surface area contributed by atoms with E-state index in [0.717, 1.165) is 56.7 Å². The van der Waals surface area contributed by atoms with Crippen LogP contribution < -0.4 is 4.90 Å². The Bertz CT molecular complexity index is 1580. The minimum atomic E-state index is -0.571. The van der Waals surface area contributed by atoms with Crippen LogP contribution in [0.25, 0.3) is 10.9 Å². The third-order valence-electron chi connectivity index (χ3n) is 8.60. The van der Waals surface area contributed by atoms with Crippen molar-refractivity contribution in [3.8, 4) is 0 Å². The number of esters is 1. The molecule has 1 spiro atoms. The van der Waals surface area contributed by atoms with Gasteiger partial charge in [-0.05, 0) is 82.5 Å². The molecule has 2 aliphatic heterocycles. The first-order valence-electron chi connectivity index (χ1n) is 15.3. The summed E-state index contributed by atoms with van der Waals surface area (Å²) in [7, 11) is 0. The molecule has 0 unspecified atom stereocenters. The Morgan fingerprint density at radius 1 is 0.930 bits per heavy atom. The molecule has 6 rings (SSSR count). The van der Waals surface area contributed by atoms with Crippen LogP contribution in [-0.2, 0) is 22.6 Å². The monoisotopic (exact) mass is 579 g/mol. The summed E-state index contributed by atoms with van der Waals surface area (Å²) < 4.78 is 7.67. The Labute approximate surface area is 253 Å². The van der Waals surface area contributed by atoms with Gasteiger partial charge in [0.1, 0.15) is 11.1 Å². The quantitative estimate of drug-likeness (QED) is 0.249. The molecule has 224 valence electrons. The van der Waals surface area contributed by atoms with Gasteiger partial charge in [-0.15, -0.1) is 0 Å². The van der Waals surface area contributed by atoms with Gasteiger partial charge in [-0.1, -0.05) is 48.5 Å². The number of ether oxygens (including phenoxy) is 1. The van der Waals surface area contributed by atoms with Crippen molar-refractivity contribution in [2.45, 2.75) is 64.3 Å². The fourth-order valence-corrected chi connectivity index (χ4v) is 6.47. The van der Waals surface area contributed by atoms with Gasteiger partial charge >= 0.3 is 5.97 Å². The van der Waals surface area contributed by atoms with Gasteiger partial charge in [-0.2, -0.15) is 5.10 Å². The van der Waals surface area contributed by atoms with Crippen LogP contribution in [0.5, 0.6) is 0 Å². The first-order valence-corrected chi connectivity index (χ1v) is 15.3. The minimum absolute atomic E-state index is 0.168. The number of amides is 1. The number of nitrogens with zero attached hydrogens (tertiary/aromatic N) is 5. The van der Waals surface area contributed by atoms with E-state index in [1.807, 2.05) is 74.3 Å². The van der Waals surface area contributed by atoms with E-state index >= 15 is 0 Å². The molecule has 0 radical (unpaired) electrons. The van der Waals surface area contributed by atoms with Crippen LogP contribution >= 0.6 is 0 Å². The third kappa shape index (κ3) is 6.15. The summed E-state index contributed by atoms with van der Waals surface area (Å²) in [6.45, 7) is 10.2. The molecule has 0 aliphatic carbocycles. The number of hydrogen-bond acceptors (Lipinski definition) is 6. The van der Waals surface area contributed by atoms with Crippen molar-refractivity contribution in [3.63, 3.8) is 0 Å². The molecule has 2 aliphatic rings. The van der Waals surface area contributed by atoms with Crippen molar-refractivity contribution in [3.05, 3.63) is 96.2 Å². The highest BCUT2D eigenvalue weighted by Gasteiger charge is 2.53. The van der Waals surface area contributed by atoms with Crippen LogP contribution in [-0.4, -0.2) is 68.9 Å². The normalized spacial score (nSPS) is 17.2. The van der Waals surface area contributed by atoms with Crippen molar-refractivity contribution in [1.29, 1.82) is 0 Å². The van der Waals surface area contributed by atoms with Gasteiger partial charge in [0.2, 0.25) is 5.91 Å². The number of likely N-dealkylation sites (tertiary alicyclic amines) is 1. The van der Waals surface area contributed by atoms with E-state index in [1.165, 1.54) is 10.9 Å². The second-order valence-electron chi connectivity index (χ2n) is 12.8. The molecule has 43 heavy (non-hydrogen) atoms. The summed E-state index contributed by atoms with van der Waals surface area (Å²) in [5.74, 6) is -0.181. The molecule has 3 aromatic carbocycles. The Morgan fingerprint density at radius 3 is 2.44 bits per heavy atom. The van der Waals surface area contributed by atoms with Crippen molar-refractivity contribution in [1.82, 2.24) is 19.6 Å². The Balaban J connectivity index is 1.13. The predicted molar refractivity (Wildman–Crippen MR) is 169 cm³/mol. The average molecular weight is 580 g/mol. The standard InChI is InChI=1S/C35H41N5O3/c1-34(2,3)43-32(41)28-13-9-11-27(23-28)25-38-26-39(30-14-5-4-6-15-30)35(33(38)42)17-21-37(22-18-35)19-10-20-40-31-16-8-7-12-29(31)24-36-40/h4-9,11-16,23-24H,10,17-22,25-26H2,1-3H3. The molecule has 0 saturated carbocycles. The van der Waals surface area contributed by atoms with Crippen LogP contribution in [0.2, 0.25) is 0 Å². The number of rotatable bonds is 8. The second kappa shape index (κ2) is 11.8. The van der Waals surface area contributed by atoms with Crippen LogP contribution in [0.1, 0.15) is 56.0 Å². The summed E-state index contributed by atoms with van der Waals surface area (Å²) in [5.41, 5.74) is 2.53. The number of aromatic nitrogens is 2. The molecule has 1 aromatic heterocycles. The maximum Gasteiger partial charge on any atom is 0.338 e. The van der Waals surface area contributed by atoms with Crippen LogP contribution in [0, 0.1) is 0 Å². The molecule has 0 atom stereocenters. The summed E-state index contributed by atoms with van der Waals surface area (Å²) >= 11 is 0. The van der Waals surface area contributed by atoms with E-state index in [2.05, 4.69) is 49.9 Å². The van der Waals surface area contributed by atoms with E-state index in [1.54, 1.807) is 6.07 Å².